The predicted molar refractivity (Wildman–Crippen MR) is 69.7 cm³/mol. The molecule has 0 saturated carbocycles. The maximum absolute atomic E-state index is 11.8. The number of nitrogens with zero attached hydrogens (tertiary/aromatic N) is 3. The van der Waals surface area contributed by atoms with Crippen molar-refractivity contribution in [1.82, 2.24) is 10.3 Å². The van der Waals surface area contributed by atoms with Crippen molar-refractivity contribution < 1.29 is 9.72 Å². The van der Waals surface area contributed by atoms with Crippen LogP contribution in [0.2, 0.25) is 0 Å². The third-order valence-electron chi connectivity index (χ3n) is 3.15. The summed E-state index contributed by atoms with van der Waals surface area (Å²) in [5.41, 5.74) is 5.45. The number of carbonyl (C=O) groups is 1. The average molecular weight is 265 g/mol. The fraction of sp³-hybridized carbons (Fsp3) is 0.455. The van der Waals surface area contributed by atoms with Crippen molar-refractivity contribution in [3.05, 3.63) is 22.2 Å². The second kappa shape index (κ2) is 5.09. The van der Waals surface area contributed by atoms with E-state index in [1.807, 2.05) is 0 Å². The molecule has 1 aliphatic heterocycles. The van der Waals surface area contributed by atoms with Gasteiger partial charge in [-0.2, -0.15) is 0 Å². The van der Waals surface area contributed by atoms with Gasteiger partial charge in [0.05, 0.1) is 4.92 Å². The summed E-state index contributed by atoms with van der Waals surface area (Å²) in [5, 5.41) is 13.6. The summed E-state index contributed by atoms with van der Waals surface area (Å²) in [5.74, 6) is 0.190. The third-order valence-corrected chi connectivity index (χ3v) is 3.15. The number of amides is 1. The van der Waals surface area contributed by atoms with Gasteiger partial charge in [-0.15, -0.1) is 0 Å². The summed E-state index contributed by atoms with van der Waals surface area (Å²) in [6.45, 7) is 0.551. The monoisotopic (exact) mass is 265 g/mol. The molecule has 1 aliphatic rings. The Morgan fingerprint density at radius 2 is 2.37 bits per heavy atom. The molecule has 1 aromatic rings. The van der Waals surface area contributed by atoms with E-state index >= 15 is 0 Å². The van der Waals surface area contributed by atoms with Crippen molar-refractivity contribution in [2.45, 2.75) is 18.9 Å². The summed E-state index contributed by atoms with van der Waals surface area (Å²) in [4.78, 5) is 28.0. The molecule has 8 heteroatoms. The van der Waals surface area contributed by atoms with E-state index in [-0.39, 0.29) is 23.2 Å². The van der Waals surface area contributed by atoms with Crippen LogP contribution in [0.5, 0.6) is 0 Å². The highest BCUT2D eigenvalue weighted by atomic mass is 16.6. The summed E-state index contributed by atoms with van der Waals surface area (Å²) in [6, 6.07) is 2.27. The number of nitrogens with one attached hydrogen (secondary N) is 1. The van der Waals surface area contributed by atoms with Crippen LogP contribution in [0, 0.1) is 10.1 Å². The van der Waals surface area contributed by atoms with Crippen molar-refractivity contribution >= 4 is 23.2 Å². The molecule has 0 radical (unpaired) electrons. The zero-order chi connectivity index (χ0) is 14.0. The van der Waals surface area contributed by atoms with Crippen molar-refractivity contribution in [3.8, 4) is 0 Å². The van der Waals surface area contributed by atoms with Crippen LogP contribution in [-0.4, -0.2) is 35.4 Å². The first-order valence-electron chi connectivity index (χ1n) is 5.93. The van der Waals surface area contributed by atoms with Gasteiger partial charge in [0.1, 0.15) is 11.9 Å². The molecule has 0 aromatic carbocycles. The Morgan fingerprint density at radius 3 is 3.00 bits per heavy atom. The first kappa shape index (κ1) is 13.1. The Kier molecular flexibility index (Phi) is 3.50. The lowest BCUT2D eigenvalue weighted by Gasteiger charge is -2.24. The fourth-order valence-electron chi connectivity index (χ4n) is 2.27. The summed E-state index contributed by atoms with van der Waals surface area (Å²) >= 11 is 0. The van der Waals surface area contributed by atoms with Gasteiger partial charge in [0, 0.05) is 19.7 Å². The van der Waals surface area contributed by atoms with Crippen LogP contribution in [0.15, 0.2) is 12.1 Å². The van der Waals surface area contributed by atoms with Crippen LogP contribution in [0.25, 0.3) is 0 Å². The molecule has 1 amide bonds. The van der Waals surface area contributed by atoms with Crippen LogP contribution in [0.4, 0.5) is 17.3 Å². The molecule has 2 heterocycles. The minimum Gasteiger partial charge on any atom is -0.384 e. The number of likely N-dealkylation sites (N-methyl/N-ethyl adjacent to an activating group) is 1. The highest BCUT2D eigenvalue weighted by molar-refractivity contribution is 5.86. The average Bonchev–Trinajstić information content (AvgIpc) is 2.86. The van der Waals surface area contributed by atoms with Crippen LogP contribution in [-0.2, 0) is 4.79 Å². The Hall–Kier alpha value is -2.38. The van der Waals surface area contributed by atoms with Crippen LogP contribution < -0.4 is 16.0 Å². The maximum atomic E-state index is 11.8. The molecule has 102 valence electrons. The number of pyridine rings is 1. The number of nitrogen functional groups attached to an aromatic ring is 1. The number of hydrogen-bond acceptors (Lipinski definition) is 6. The number of aromatic nitrogens is 1. The van der Waals surface area contributed by atoms with E-state index in [4.69, 9.17) is 5.73 Å². The SMILES string of the molecule is CNC(=O)C1CCCN1c1nc(N)ccc1[N+](=O)[O-]. The third kappa shape index (κ3) is 2.42. The Balaban J connectivity index is 2.42. The molecule has 0 aliphatic carbocycles. The summed E-state index contributed by atoms with van der Waals surface area (Å²) < 4.78 is 0. The fourth-order valence-corrected chi connectivity index (χ4v) is 2.27. The quantitative estimate of drug-likeness (QED) is 0.599. The molecule has 1 atom stereocenters. The number of hydrogen-bond donors (Lipinski definition) is 2. The lowest BCUT2D eigenvalue weighted by atomic mass is 10.2. The first-order chi connectivity index (χ1) is 9.04. The van der Waals surface area contributed by atoms with Gasteiger partial charge in [0.15, 0.2) is 0 Å². The van der Waals surface area contributed by atoms with E-state index in [0.717, 1.165) is 6.42 Å². The van der Waals surface area contributed by atoms with E-state index in [1.165, 1.54) is 12.1 Å². The number of carbonyl (C=O) groups excluding carboxylic acids is 1. The van der Waals surface area contributed by atoms with Gasteiger partial charge in [-0.1, -0.05) is 0 Å². The number of nitro groups is 1. The van der Waals surface area contributed by atoms with Gasteiger partial charge < -0.3 is 16.0 Å². The molecule has 0 bridgehead atoms. The standard InChI is InChI=1S/C11H15N5O3/c1-13-11(17)8-3-2-6-15(8)10-7(16(18)19)4-5-9(12)14-10/h4-5,8H,2-3,6H2,1H3,(H2,12,14)(H,13,17). The molecular weight excluding hydrogens is 250 g/mol. The van der Waals surface area contributed by atoms with Gasteiger partial charge in [0.25, 0.3) is 0 Å². The van der Waals surface area contributed by atoms with Crippen molar-refractivity contribution in [1.29, 1.82) is 0 Å². The molecule has 1 fully saturated rings. The lowest BCUT2D eigenvalue weighted by Crippen LogP contribution is -2.42. The molecule has 1 unspecified atom stereocenters. The highest BCUT2D eigenvalue weighted by Crippen LogP contribution is 2.32. The number of rotatable bonds is 3. The van der Waals surface area contributed by atoms with Gasteiger partial charge in [-0.05, 0) is 18.9 Å². The molecule has 3 N–H and O–H groups in total. The van der Waals surface area contributed by atoms with Gasteiger partial charge in [-0.25, -0.2) is 4.98 Å². The first-order valence-corrected chi connectivity index (χ1v) is 5.93. The van der Waals surface area contributed by atoms with E-state index in [1.54, 1.807) is 11.9 Å². The van der Waals surface area contributed by atoms with Crippen LogP contribution in [0.3, 0.4) is 0 Å². The van der Waals surface area contributed by atoms with E-state index in [2.05, 4.69) is 10.3 Å². The molecule has 1 aromatic heterocycles. The lowest BCUT2D eigenvalue weighted by molar-refractivity contribution is -0.384. The molecule has 0 spiro atoms. The summed E-state index contributed by atoms with van der Waals surface area (Å²) in [7, 11) is 1.54. The summed E-state index contributed by atoms with van der Waals surface area (Å²) in [6.07, 6.45) is 1.43. The van der Waals surface area contributed by atoms with Crippen LogP contribution >= 0.6 is 0 Å². The van der Waals surface area contributed by atoms with Crippen molar-refractivity contribution in [2.24, 2.45) is 0 Å². The molecule has 2 rings (SSSR count). The Labute approximate surface area is 109 Å². The minimum atomic E-state index is -0.513. The largest absolute Gasteiger partial charge is 0.384 e. The molecular formula is C11H15N5O3. The van der Waals surface area contributed by atoms with E-state index < -0.39 is 11.0 Å². The second-order valence-corrected chi connectivity index (χ2v) is 4.30. The predicted octanol–water partition coefficient (Wildman–Crippen LogP) is 0.287. The number of anilines is 2. The molecule has 8 nitrogen and oxygen atoms in total. The van der Waals surface area contributed by atoms with Gasteiger partial charge in [0.2, 0.25) is 11.7 Å². The van der Waals surface area contributed by atoms with Gasteiger partial charge >= 0.3 is 5.69 Å². The Bertz CT molecular complexity index is 519. The smallest absolute Gasteiger partial charge is 0.311 e. The minimum absolute atomic E-state index is 0.134. The highest BCUT2D eigenvalue weighted by Gasteiger charge is 2.35. The van der Waals surface area contributed by atoms with Crippen LogP contribution in [0.1, 0.15) is 12.8 Å². The normalized spacial score (nSPS) is 18.4. The van der Waals surface area contributed by atoms with Crippen molar-refractivity contribution in [3.63, 3.8) is 0 Å². The van der Waals surface area contributed by atoms with Crippen molar-refractivity contribution in [2.75, 3.05) is 24.2 Å². The molecule has 19 heavy (non-hydrogen) atoms. The Morgan fingerprint density at radius 1 is 1.63 bits per heavy atom. The second-order valence-electron chi connectivity index (χ2n) is 4.30. The maximum Gasteiger partial charge on any atom is 0.311 e. The van der Waals surface area contributed by atoms with Gasteiger partial charge in [-0.3, -0.25) is 14.9 Å². The zero-order valence-electron chi connectivity index (χ0n) is 10.5. The van der Waals surface area contributed by atoms with E-state index in [9.17, 15) is 14.9 Å². The van der Waals surface area contributed by atoms with E-state index in [0.29, 0.717) is 13.0 Å². The number of nitrogens with two attached hydrogens (primary N) is 1. The molecule has 1 saturated heterocycles. The zero-order valence-corrected chi connectivity index (χ0v) is 10.5. The topological polar surface area (TPSA) is 114 Å².